The maximum atomic E-state index is 11.9. The summed E-state index contributed by atoms with van der Waals surface area (Å²) in [7, 11) is -3.09. The van der Waals surface area contributed by atoms with Gasteiger partial charge in [0.05, 0.1) is 5.75 Å². The van der Waals surface area contributed by atoms with E-state index in [1.807, 2.05) is 25.1 Å². The highest BCUT2D eigenvalue weighted by molar-refractivity contribution is 7.89. The largest absolute Gasteiger partial charge is 0.371 e. The molecule has 0 unspecified atom stereocenters. The summed E-state index contributed by atoms with van der Waals surface area (Å²) in [6.45, 7) is 3.82. The molecule has 112 valence electrons. The van der Waals surface area contributed by atoms with Crippen molar-refractivity contribution in [1.29, 1.82) is 0 Å². The van der Waals surface area contributed by atoms with Crippen molar-refractivity contribution >= 4 is 15.7 Å². The smallest absolute Gasteiger partial charge is 0.211 e. The van der Waals surface area contributed by atoms with Crippen molar-refractivity contribution in [2.24, 2.45) is 0 Å². The second-order valence-electron chi connectivity index (χ2n) is 5.39. The third-order valence-electron chi connectivity index (χ3n) is 3.73. The molecule has 20 heavy (non-hydrogen) atoms. The number of hydrogen-bond acceptors (Lipinski definition) is 3. The molecule has 2 rings (SSSR count). The fraction of sp³-hybridized carbons (Fsp3) is 0.600. The lowest BCUT2D eigenvalue weighted by molar-refractivity contribution is 0.459. The van der Waals surface area contributed by atoms with Crippen LogP contribution in [0.4, 0.5) is 5.69 Å². The van der Waals surface area contributed by atoms with Crippen LogP contribution in [-0.2, 0) is 10.0 Å². The summed E-state index contributed by atoms with van der Waals surface area (Å²) in [5, 5.41) is 0. The summed E-state index contributed by atoms with van der Waals surface area (Å²) >= 11 is 0. The number of sulfonamides is 1. The number of nitrogens with zero attached hydrogens (tertiary/aromatic N) is 1. The van der Waals surface area contributed by atoms with Crippen molar-refractivity contribution in [1.82, 2.24) is 4.72 Å². The van der Waals surface area contributed by atoms with Crippen LogP contribution in [0, 0.1) is 0 Å². The van der Waals surface area contributed by atoms with E-state index in [0.717, 1.165) is 38.8 Å². The van der Waals surface area contributed by atoms with E-state index >= 15 is 0 Å². The molecule has 1 saturated heterocycles. The molecule has 1 aliphatic rings. The Morgan fingerprint density at radius 3 is 2.45 bits per heavy atom. The lowest BCUT2D eigenvalue weighted by Crippen LogP contribution is -2.45. The van der Waals surface area contributed by atoms with Crippen molar-refractivity contribution < 1.29 is 8.42 Å². The van der Waals surface area contributed by atoms with Gasteiger partial charge in [-0.15, -0.1) is 0 Å². The zero-order chi connectivity index (χ0) is 14.4. The SMILES string of the molecule is CCCCS(=O)(=O)NC1CCN(c2ccccc2)CC1. The number of unbranched alkanes of at least 4 members (excludes halogenated alkanes) is 1. The topological polar surface area (TPSA) is 49.4 Å². The molecule has 0 radical (unpaired) electrons. The van der Waals surface area contributed by atoms with E-state index in [4.69, 9.17) is 0 Å². The van der Waals surface area contributed by atoms with Gasteiger partial charge in [-0.2, -0.15) is 0 Å². The predicted octanol–water partition coefficient (Wildman–Crippen LogP) is 2.37. The van der Waals surface area contributed by atoms with E-state index < -0.39 is 10.0 Å². The summed E-state index contributed by atoms with van der Waals surface area (Å²) in [4.78, 5) is 2.32. The van der Waals surface area contributed by atoms with Crippen LogP contribution in [0.5, 0.6) is 0 Å². The number of piperidine rings is 1. The van der Waals surface area contributed by atoms with E-state index in [0.29, 0.717) is 0 Å². The Hall–Kier alpha value is -1.07. The van der Waals surface area contributed by atoms with E-state index in [9.17, 15) is 8.42 Å². The standard InChI is InChI=1S/C15H24N2O2S/c1-2-3-13-20(18,19)16-14-9-11-17(12-10-14)15-7-5-4-6-8-15/h4-8,14,16H,2-3,9-13H2,1H3. The monoisotopic (exact) mass is 296 g/mol. The Kier molecular flexibility index (Phi) is 5.43. The molecule has 0 aliphatic carbocycles. The Bertz CT molecular complexity index is 494. The van der Waals surface area contributed by atoms with Crippen LogP contribution in [-0.4, -0.2) is 33.3 Å². The maximum Gasteiger partial charge on any atom is 0.211 e. The minimum absolute atomic E-state index is 0.0943. The zero-order valence-corrected chi connectivity index (χ0v) is 12.9. The normalized spacial score (nSPS) is 17.4. The summed E-state index contributed by atoms with van der Waals surface area (Å²) in [5.41, 5.74) is 1.22. The van der Waals surface area contributed by atoms with Crippen molar-refractivity contribution in [2.45, 2.75) is 38.6 Å². The molecular weight excluding hydrogens is 272 g/mol. The van der Waals surface area contributed by atoms with Crippen LogP contribution < -0.4 is 9.62 Å². The molecule has 0 amide bonds. The molecule has 0 saturated carbocycles. The average molecular weight is 296 g/mol. The van der Waals surface area contributed by atoms with Gasteiger partial charge in [-0.25, -0.2) is 13.1 Å². The predicted molar refractivity (Wildman–Crippen MR) is 83.5 cm³/mol. The van der Waals surface area contributed by atoms with E-state index in [2.05, 4.69) is 21.8 Å². The summed E-state index contributed by atoms with van der Waals surface area (Å²) in [5.74, 6) is 0.252. The van der Waals surface area contributed by atoms with Gasteiger partial charge < -0.3 is 4.90 Å². The summed E-state index contributed by atoms with van der Waals surface area (Å²) in [6.07, 6.45) is 3.39. The first kappa shape index (κ1) is 15.3. The average Bonchev–Trinajstić information content (AvgIpc) is 2.46. The van der Waals surface area contributed by atoms with Gasteiger partial charge in [0.25, 0.3) is 0 Å². The van der Waals surface area contributed by atoms with Gasteiger partial charge in [-0.3, -0.25) is 0 Å². The van der Waals surface area contributed by atoms with Gasteiger partial charge in [0, 0.05) is 24.8 Å². The van der Waals surface area contributed by atoms with Gasteiger partial charge in [0.15, 0.2) is 0 Å². The molecular formula is C15H24N2O2S. The number of nitrogens with one attached hydrogen (secondary N) is 1. The molecule has 0 atom stereocenters. The van der Waals surface area contributed by atoms with Crippen LogP contribution in [0.3, 0.4) is 0 Å². The summed E-state index contributed by atoms with van der Waals surface area (Å²) in [6, 6.07) is 10.4. The van der Waals surface area contributed by atoms with Gasteiger partial charge >= 0.3 is 0 Å². The van der Waals surface area contributed by atoms with Crippen LogP contribution in [0.25, 0.3) is 0 Å². The van der Waals surface area contributed by atoms with E-state index in [-0.39, 0.29) is 11.8 Å². The Labute approximate surface area is 122 Å². The number of rotatable bonds is 6. The highest BCUT2D eigenvalue weighted by Gasteiger charge is 2.23. The fourth-order valence-electron chi connectivity index (χ4n) is 2.54. The maximum absolute atomic E-state index is 11.9. The molecule has 1 heterocycles. The second-order valence-corrected chi connectivity index (χ2v) is 7.26. The quantitative estimate of drug-likeness (QED) is 0.877. The van der Waals surface area contributed by atoms with Crippen LogP contribution in [0.15, 0.2) is 30.3 Å². The highest BCUT2D eigenvalue weighted by Crippen LogP contribution is 2.19. The molecule has 1 aromatic carbocycles. The lowest BCUT2D eigenvalue weighted by Gasteiger charge is -2.33. The third-order valence-corrected chi connectivity index (χ3v) is 5.25. The van der Waals surface area contributed by atoms with Crippen LogP contribution >= 0.6 is 0 Å². The van der Waals surface area contributed by atoms with E-state index in [1.165, 1.54) is 5.69 Å². The number of anilines is 1. The van der Waals surface area contributed by atoms with Crippen molar-refractivity contribution in [3.63, 3.8) is 0 Å². The molecule has 1 fully saturated rings. The fourth-order valence-corrected chi connectivity index (χ4v) is 4.07. The lowest BCUT2D eigenvalue weighted by atomic mass is 10.1. The second kappa shape index (κ2) is 7.09. The number of benzene rings is 1. The molecule has 0 bridgehead atoms. The number of para-hydroxylation sites is 1. The first-order valence-corrected chi connectivity index (χ1v) is 9.06. The zero-order valence-electron chi connectivity index (χ0n) is 12.1. The molecule has 1 aromatic rings. The highest BCUT2D eigenvalue weighted by atomic mass is 32.2. The molecule has 4 nitrogen and oxygen atoms in total. The van der Waals surface area contributed by atoms with Crippen molar-refractivity contribution in [3.05, 3.63) is 30.3 Å². The van der Waals surface area contributed by atoms with Crippen molar-refractivity contribution in [2.75, 3.05) is 23.7 Å². The Morgan fingerprint density at radius 1 is 1.20 bits per heavy atom. The molecule has 1 aliphatic heterocycles. The first-order chi connectivity index (χ1) is 9.61. The van der Waals surface area contributed by atoms with E-state index in [1.54, 1.807) is 0 Å². The van der Waals surface area contributed by atoms with Crippen molar-refractivity contribution in [3.8, 4) is 0 Å². The third kappa shape index (κ3) is 4.49. The van der Waals surface area contributed by atoms with Crippen LogP contribution in [0.2, 0.25) is 0 Å². The summed E-state index contributed by atoms with van der Waals surface area (Å²) < 4.78 is 26.6. The van der Waals surface area contributed by atoms with Gasteiger partial charge in [0.1, 0.15) is 0 Å². The first-order valence-electron chi connectivity index (χ1n) is 7.41. The molecule has 0 spiro atoms. The minimum atomic E-state index is -3.09. The van der Waals surface area contributed by atoms with Crippen LogP contribution in [0.1, 0.15) is 32.6 Å². The van der Waals surface area contributed by atoms with Gasteiger partial charge in [-0.1, -0.05) is 31.5 Å². The number of hydrogen-bond donors (Lipinski definition) is 1. The van der Waals surface area contributed by atoms with Gasteiger partial charge in [-0.05, 0) is 31.4 Å². The molecule has 1 N–H and O–H groups in total. The minimum Gasteiger partial charge on any atom is -0.371 e. The Balaban J connectivity index is 1.83. The Morgan fingerprint density at radius 2 is 1.85 bits per heavy atom. The van der Waals surface area contributed by atoms with Gasteiger partial charge in [0.2, 0.25) is 10.0 Å². The molecule has 5 heteroatoms. The molecule has 0 aromatic heterocycles.